The van der Waals surface area contributed by atoms with Gasteiger partial charge in [-0.2, -0.15) is 5.10 Å². The lowest BCUT2D eigenvalue weighted by molar-refractivity contribution is 0.117. The summed E-state index contributed by atoms with van der Waals surface area (Å²) in [6.07, 6.45) is 10.3. The predicted molar refractivity (Wildman–Crippen MR) is 81.1 cm³/mol. The third-order valence-electron chi connectivity index (χ3n) is 4.71. The Morgan fingerprint density at radius 2 is 2.14 bits per heavy atom. The standard InChI is InChI=1S/C15H23N7/c1-12-8-16-21(9-12)10-14-4-2-3-7-20(14)11-15-17-18-19-22(15)13-5-6-13/h8-9,13-14H,2-7,10-11H2,1H3. The van der Waals surface area contributed by atoms with Crippen LogP contribution in [0.3, 0.4) is 0 Å². The molecule has 0 N–H and O–H groups in total. The van der Waals surface area contributed by atoms with Crippen LogP contribution in [0.2, 0.25) is 0 Å². The highest BCUT2D eigenvalue weighted by atomic mass is 15.6. The van der Waals surface area contributed by atoms with Crippen LogP contribution in [0.1, 0.15) is 49.5 Å². The van der Waals surface area contributed by atoms with Gasteiger partial charge in [-0.15, -0.1) is 5.10 Å². The minimum atomic E-state index is 0.525. The smallest absolute Gasteiger partial charge is 0.165 e. The Labute approximate surface area is 130 Å². The van der Waals surface area contributed by atoms with Crippen LogP contribution in [0.25, 0.3) is 0 Å². The molecule has 2 fully saturated rings. The van der Waals surface area contributed by atoms with Gasteiger partial charge in [-0.3, -0.25) is 9.58 Å². The first kappa shape index (κ1) is 13.9. The number of likely N-dealkylation sites (tertiary alicyclic amines) is 1. The molecule has 1 atom stereocenters. The second-order valence-electron chi connectivity index (χ2n) is 6.63. The molecule has 0 bridgehead atoms. The Bertz CT molecular complexity index is 627. The molecule has 22 heavy (non-hydrogen) atoms. The van der Waals surface area contributed by atoms with Gasteiger partial charge in [-0.25, -0.2) is 4.68 Å². The minimum Gasteiger partial charge on any atom is -0.291 e. The van der Waals surface area contributed by atoms with Gasteiger partial charge in [0.2, 0.25) is 0 Å². The Morgan fingerprint density at radius 1 is 1.23 bits per heavy atom. The average Bonchev–Trinajstić information content (AvgIpc) is 3.12. The molecule has 1 unspecified atom stereocenters. The fraction of sp³-hybridized carbons (Fsp3) is 0.733. The van der Waals surface area contributed by atoms with E-state index in [2.05, 4.69) is 43.3 Å². The van der Waals surface area contributed by atoms with Gasteiger partial charge in [0.05, 0.1) is 25.3 Å². The highest BCUT2D eigenvalue weighted by Crippen LogP contribution is 2.34. The van der Waals surface area contributed by atoms with Crippen molar-refractivity contribution in [2.75, 3.05) is 6.54 Å². The molecule has 0 radical (unpaired) electrons. The first-order chi connectivity index (χ1) is 10.8. The summed E-state index contributed by atoms with van der Waals surface area (Å²) >= 11 is 0. The molecule has 2 aromatic heterocycles. The number of hydrogen-bond acceptors (Lipinski definition) is 5. The van der Waals surface area contributed by atoms with Gasteiger partial charge in [0.25, 0.3) is 0 Å². The second-order valence-corrected chi connectivity index (χ2v) is 6.63. The van der Waals surface area contributed by atoms with E-state index >= 15 is 0 Å². The maximum absolute atomic E-state index is 4.44. The topological polar surface area (TPSA) is 64.7 Å². The summed E-state index contributed by atoms with van der Waals surface area (Å²) in [5, 5.41) is 16.7. The number of piperidine rings is 1. The van der Waals surface area contributed by atoms with Crippen molar-refractivity contribution in [2.24, 2.45) is 0 Å². The molecular formula is C15H23N7. The van der Waals surface area contributed by atoms with Crippen molar-refractivity contribution < 1.29 is 0 Å². The maximum Gasteiger partial charge on any atom is 0.165 e. The zero-order valence-electron chi connectivity index (χ0n) is 13.1. The molecule has 7 nitrogen and oxygen atoms in total. The normalized spacial score (nSPS) is 23.0. The molecule has 0 aromatic carbocycles. The van der Waals surface area contributed by atoms with Gasteiger partial charge in [0, 0.05) is 12.2 Å². The lowest BCUT2D eigenvalue weighted by atomic mass is 10.0. The SMILES string of the molecule is Cc1cnn(CC2CCCCN2Cc2nnnn2C2CC2)c1. The van der Waals surface area contributed by atoms with Crippen molar-refractivity contribution in [1.29, 1.82) is 0 Å². The van der Waals surface area contributed by atoms with E-state index < -0.39 is 0 Å². The van der Waals surface area contributed by atoms with Crippen LogP contribution in [0.4, 0.5) is 0 Å². The van der Waals surface area contributed by atoms with Crippen molar-refractivity contribution in [2.45, 2.75) is 64.2 Å². The van der Waals surface area contributed by atoms with Gasteiger partial charge in [-0.05, 0) is 55.1 Å². The highest BCUT2D eigenvalue weighted by molar-refractivity contribution is 5.00. The van der Waals surface area contributed by atoms with Gasteiger partial charge >= 0.3 is 0 Å². The summed E-state index contributed by atoms with van der Waals surface area (Å²) < 4.78 is 4.10. The van der Waals surface area contributed by atoms with Gasteiger partial charge < -0.3 is 0 Å². The number of rotatable bonds is 5. The molecule has 1 aliphatic carbocycles. The number of aryl methyl sites for hydroxylation is 1. The molecular weight excluding hydrogens is 278 g/mol. The first-order valence-electron chi connectivity index (χ1n) is 8.29. The maximum atomic E-state index is 4.44. The number of nitrogens with zero attached hydrogens (tertiary/aromatic N) is 7. The summed E-state index contributed by atoms with van der Waals surface area (Å²) in [5.74, 6) is 1.02. The molecule has 1 aliphatic heterocycles. The van der Waals surface area contributed by atoms with E-state index in [4.69, 9.17) is 0 Å². The van der Waals surface area contributed by atoms with Crippen molar-refractivity contribution in [1.82, 2.24) is 34.9 Å². The molecule has 4 rings (SSSR count). The van der Waals surface area contributed by atoms with Crippen LogP contribution in [0.5, 0.6) is 0 Å². The lowest BCUT2D eigenvalue weighted by Crippen LogP contribution is -2.42. The molecule has 0 amide bonds. The van der Waals surface area contributed by atoms with Crippen LogP contribution in [-0.4, -0.2) is 47.5 Å². The van der Waals surface area contributed by atoms with Gasteiger partial charge in [-0.1, -0.05) is 6.42 Å². The number of aromatic nitrogens is 6. The van der Waals surface area contributed by atoms with Crippen LogP contribution >= 0.6 is 0 Å². The van der Waals surface area contributed by atoms with E-state index in [1.807, 2.05) is 10.9 Å². The largest absolute Gasteiger partial charge is 0.291 e. The minimum absolute atomic E-state index is 0.525. The van der Waals surface area contributed by atoms with Crippen molar-refractivity contribution in [3.63, 3.8) is 0 Å². The zero-order chi connectivity index (χ0) is 14.9. The molecule has 1 saturated carbocycles. The van der Waals surface area contributed by atoms with Gasteiger partial charge in [0.1, 0.15) is 0 Å². The molecule has 7 heteroatoms. The van der Waals surface area contributed by atoms with E-state index in [1.54, 1.807) is 0 Å². The third-order valence-corrected chi connectivity index (χ3v) is 4.71. The summed E-state index contributed by atoms with van der Waals surface area (Å²) in [7, 11) is 0. The van der Waals surface area contributed by atoms with Crippen molar-refractivity contribution in [3.05, 3.63) is 23.8 Å². The van der Waals surface area contributed by atoms with Crippen LogP contribution in [0.15, 0.2) is 12.4 Å². The van der Waals surface area contributed by atoms with E-state index in [0.29, 0.717) is 12.1 Å². The molecule has 2 aromatic rings. The second kappa shape index (κ2) is 5.79. The van der Waals surface area contributed by atoms with Gasteiger partial charge in [0.15, 0.2) is 5.82 Å². The summed E-state index contributed by atoms with van der Waals surface area (Å²) in [6, 6.07) is 1.07. The quantitative estimate of drug-likeness (QED) is 0.838. The van der Waals surface area contributed by atoms with Crippen molar-refractivity contribution in [3.8, 4) is 0 Å². The third kappa shape index (κ3) is 2.90. The zero-order valence-corrected chi connectivity index (χ0v) is 13.1. The first-order valence-corrected chi connectivity index (χ1v) is 8.29. The molecule has 1 saturated heterocycles. The van der Waals surface area contributed by atoms with E-state index in [-0.39, 0.29) is 0 Å². The predicted octanol–water partition coefficient (Wildman–Crippen LogP) is 1.57. The Kier molecular flexibility index (Phi) is 3.65. The Morgan fingerprint density at radius 3 is 2.91 bits per heavy atom. The number of tetrazole rings is 1. The lowest BCUT2D eigenvalue weighted by Gasteiger charge is -2.35. The van der Waals surface area contributed by atoms with E-state index in [0.717, 1.165) is 25.5 Å². The monoisotopic (exact) mass is 301 g/mol. The van der Waals surface area contributed by atoms with Crippen LogP contribution in [0, 0.1) is 6.92 Å². The Balaban J connectivity index is 1.46. The molecule has 2 aliphatic rings. The number of hydrogen-bond donors (Lipinski definition) is 0. The molecule has 3 heterocycles. The fourth-order valence-corrected chi connectivity index (χ4v) is 3.36. The average molecular weight is 301 g/mol. The van der Waals surface area contributed by atoms with Crippen molar-refractivity contribution >= 4 is 0 Å². The van der Waals surface area contributed by atoms with Crippen LogP contribution in [-0.2, 0) is 13.1 Å². The van der Waals surface area contributed by atoms with E-state index in [9.17, 15) is 0 Å². The summed E-state index contributed by atoms with van der Waals surface area (Å²) in [4.78, 5) is 2.53. The highest BCUT2D eigenvalue weighted by Gasteiger charge is 2.30. The van der Waals surface area contributed by atoms with Crippen LogP contribution < -0.4 is 0 Å². The summed E-state index contributed by atoms with van der Waals surface area (Å²) in [5.41, 5.74) is 1.22. The Hall–Kier alpha value is -1.76. The molecule has 0 spiro atoms. The summed E-state index contributed by atoms with van der Waals surface area (Å²) in [6.45, 7) is 5.03. The van der Waals surface area contributed by atoms with E-state index in [1.165, 1.54) is 37.7 Å². The molecule has 118 valence electrons. The fourth-order valence-electron chi connectivity index (χ4n) is 3.36.